The van der Waals surface area contributed by atoms with E-state index in [2.05, 4.69) is 6.92 Å². The first-order chi connectivity index (χ1) is 19.9. The lowest BCUT2D eigenvalue weighted by Gasteiger charge is -2.24. The van der Waals surface area contributed by atoms with Gasteiger partial charge in [-0.3, -0.25) is 14.5 Å². The fourth-order valence-corrected chi connectivity index (χ4v) is 6.43. The summed E-state index contributed by atoms with van der Waals surface area (Å²) >= 11 is 1.35. The summed E-state index contributed by atoms with van der Waals surface area (Å²) in [6.07, 6.45) is 1.89. The van der Waals surface area contributed by atoms with Crippen molar-refractivity contribution in [1.82, 2.24) is 4.98 Å². The smallest absolute Gasteiger partial charge is 0.301 e. The molecule has 1 aromatic heterocycles. The van der Waals surface area contributed by atoms with Crippen LogP contribution in [0.5, 0.6) is 17.2 Å². The minimum Gasteiger partial charge on any atom is -0.507 e. The van der Waals surface area contributed by atoms with Crippen molar-refractivity contribution in [1.29, 1.82) is 0 Å². The van der Waals surface area contributed by atoms with E-state index in [9.17, 15) is 14.7 Å². The zero-order chi connectivity index (χ0) is 28.7. The van der Waals surface area contributed by atoms with Crippen LogP contribution < -0.4 is 19.1 Å². The van der Waals surface area contributed by atoms with E-state index >= 15 is 0 Å². The first-order valence-electron chi connectivity index (χ1n) is 13.7. The Morgan fingerprint density at radius 2 is 1.88 bits per heavy atom. The molecule has 0 bridgehead atoms. The van der Waals surface area contributed by atoms with Crippen molar-refractivity contribution >= 4 is 44.1 Å². The highest BCUT2D eigenvalue weighted by Gasteiger charge is 2.48. The summed E-state index contributed by atoms with van der Waals surface area (Å²) < 4.78 is 18.2. The molecule has 1 saturated heterocycles. The van der Waals surface area contributed by atoms with Crippen molar-refractivity contribution in [2.75, 3.05) is 24.7 Å². The molecule has 1 atom stereocenters. The van der Waals surface area contributed by atoms with Crippen LogP contribution in [0.1, 0.15) is 48.1 Å². The second-order valence-corrected chi connectivity index (χ2v) is 11.2. The molecule has 2 aliphatic heterocycles. The van der Waals surface area contributed by atoms with Gasteiger partial charge in [0.05, 0.1) is 28.4 Å². The van der Waals surface area contributed by atoms with E-state index in [1.165, 1.54) is 16.2 Å². The summed E-state index contributed by atoms with van der Waals surface area (Å²) in [5.74, 6) is -0.183. The van der Waals surface area contributed by atoms with Crippen molar-refractivity contribution in [2.45, 2.75) is 39.7 Å². The maximum atomic E-state index is 13.7. The molecule has 0 radical (unpaired) electrons. The number of fused-ring (bicyclic) bond motifs is 2. The Hall–Kier alpha value is -4.37. The Bertz CT molecular complexity index is 1710. The number of hydrogen-bond donors (Lipinski definition) is 1. The Labute approximate surface area is 241 Å². The number of aliphatic hydroxyl groups is 1. The molecule has 0 aliphatic carbocycles. The predicted molar refractivity (Wildman–Crippen MR) is 158 cm³/mol. The van der Waals surface area contributed by atoms with E-state index in [1.807, 2.05) is 50.2 Å². The molecule has 4 aromatic rings. The van der Waals surface area contributed by atoms with Gasteiger partial charge in [0.2, 0.25) is 0 Å². The topological polar surface area (TPSA) is 98.2 Å². The molecule has 0 saturated carbocycles. The normalized spacial score (nSPS) is 17.8. The molecule has 1 fully saturated rings. The van der Waals surface area contributed by atoms with Gasteiger partial charge < -0.3 is 19.3 Å². The molecule has 2 aliphatic rings. The van der Waals surface area contributed by atoms with Gasteiger partial charge in [0.1, 0.15) is 24.7 Å². The molecule has 8 nitrogen and oxygen atoms in total. The number of aliphatic hydroxyl groups excluding tert-OH is 1. The molecule has 1 N–H and O–H groups in total. The van der Waals surface area contributed by atoms with Crippen molar-refractivity contribution in [3.8, 4) is 17.2 Å². The highest BCUT2D eigenvalue weighted by molar-refractivity contribution is 7.22. The lowest BCUT2D eigenvalue weighted by atomic mass is 9.95. The number of benzene rings is 3. The van der Waals surface area contributed by atoms with Crippen LogP contribution in [0.4, 0.5) is 5.13 Å². The standard InChI is InChI=1S/C32H30N2O6S/c1-4-5-11-38-22-8-6-7-20(16-22)28-26(29(35)21-9-10-23-24(17-21)40-13-12-39-23)30(36)31(37)34(28)32-33-27-19(3)14-18(2)15-25(27)41-32/h6-10,14-17,28,35H,4-5,11-13H2,1-3H3/b29-26+/t28-/m0/s1. The average molecular weight is 571 g/mol. The molecular formula is C32H30N2O6S. The molecule has 9 heteroatoms. The van der Waals surface area contributed by atoms with Crippen LogP contribution in [0.25, 0.3) is 16.0 Å². The number of aromatic nitrogens is 1. The van der Waals surface area contributed by atoms with Gasteiger partial charge in [-0.25, -0.2) is 4.98 Å². The highest BCUT2D eigenvalue weighted by Crippen LogP contribution is 2.46. The number of carbonyl (C=O) groups excluding carboxylic acids is 2. The lowest BCUT2D eigenvalue weighted by molar-refractivity contribution is -0.132. The number of aryl methyl sites for hydroxylation is 2. The van der Waals surface area contributed by atoms with Crippen LogP contribution in [-0.4, -0.2) is 41.6 Å². The molecule has 0 unspecified atom stereocenters. The number of nitrogens with zero attached hydrogens (tertiary/aromatic N) is 2. The molecule has 6 rings (SSSR count). The van der Waals surface area contributed by atoms with Crippen molar-refractivity contribution < 1.29 is 28.9 Å². The fraction of sp³-hybridized carbons (Fsp3) is 0.281. The van der Waals surface area contributed by atoms with Crippen LogP contribution in [0.3, 0.4) is 0 Å². The van der Waals surface area contributed by atoms with Gasteiger partial charge in [-0.1, -0.05) is 42.9 Å². The number of ether oxygens (including phenoxy) is 3. The summed E-state index contributed by atoms with van der Waals surface area (Å²) in [4.78, 5) is 33.6. The second kappa shape index (κ2) is 10.9. The van der Waals surface area contributed by atoms with Crippen LogP contribution in [0.15, 0.2) is 60.2 Å². The average Bonchev–Trinajstić information content (AvgIpc) is 3.51. The largest absolute Gasteiger partial charge is 0.507 e. The summed E-state index contributed by atoms with van der Waals surface area (Å²) in [6, 6.07) is 15.4. The summed E-state index contributed by atoms with van der Waals surface area (Å²) in [5.41, 5.74) is 3.80. The van der Waals surface area contributed by atoms with Crippen molar-refractivity contribution in [3.05, 3.63) is 82.4 Å². The lowest BCUT2D eigenvalue weighted by Crippen LogP contribution is -2.29. The van der Waals surface area contributed by atoms with E-state index in [0.717, 1.165) is 34.2 Å². The monoisotopic (exact) mass is 570 g/mol. The minimum absolute atomic E-state index is 0.0236. The zero-order valence-corrected chi connectivity index (χ0v) is 23.9. The molecule has 0 spiro atoms. The highest BCUT2D eigenvalue weighted by atomic mass is 32.1. The second-order valence-electron chi connectivity index (χ2n) is 10.2. The van der Waals surface area contributed by atoms with Gasteiger partial charge in [0.15, 0.2) is 16.6 Å². The van der Waals surface area contributed by atoms with E-state index in [0.29, 0.717) is 53.3 Å². The third-order valence-electron chi connectivity index (χ3n) is 7.23. The van der Waals surface area contributed by atoms with Gasteiger partial charge >= 0.3 is 5.91 Å². The van der Waals surface area contributed by atoms with Gasteiger partial charge in [0.25, 0.3) is 5.78 Å². The quantitative estimate of drug-likeness (QED) is 0.117. The van der Waals surface area contributed by atoms with E-state index < -0.39 is 17.7 Å². The third kappa shape index (κ3) is 4.91. The molecule has 1 amide bonds. The number of carbonyl (C=O) groups is 2. The first kappa shape index (κ1) is 26.8. The van der Waals surface area contributed by atoms with Gasteiger partial charge in [0, 0.05) is 5.56 Å². The summed E-state index contributed by atoms with van der Waals surface area (Å²) in [6.45, 7) is 7.43. The number of rotatable bonds is 7. The van der Waals surface area contributed by atoms with Crippen LogP contribution >= 0.6 is 11.3 Å². The SMILES string of the molecule is CCCCOc1cccc([C@H]2/C(=C(\O)c3ccc4c(c3)OCCO4)C(=O)C(=O)N2c2nc3c(C)cc(C)cc3s2)c1. The maximum Gasteiger partial charge on any atom is 0.301 e. The Morgan fingerprint density at radius 3 is 2.68 bits per heavy atom. The van der Waals surface area contributed by atoms with Crippen LogP contribution in [-0.2, 0) is 9.59 Å². The number of amides is 1. The number of ketones is 1. The third-order valence-corrected chi connectivity index (χ3v) is 8.23. The van der Waals surface area contributed by atoms with Gasteiger partial charge in [-0.15, -0.1) is 0 Å². The zero-order valence-electron chi connectivity index (χ0n) is 23.1. The molecule has 3 heterocycles. The number of unbranched alkanes of at least 4 members (excludes halogenated alkanes) is 1. The molecule has 41 heavy (non-hydrogen) atoms. The van der Waals surface area contributed by atoms with Crippen LogP contribution in [0, 0.1) is 13.8 Å². The van der Waals surface area contributed by atoms with E-state index in [4.69, 9.17) is 19.2 Å². The predicted octanol–water partition coefficient (Wildman–Crippen LogP) is 6.49. The molecule has 210 valence electrons. The van der Waals surface area contributed by atoms with Gasteiger partial charge in [-0.2, -0.15) is 0 Å². The maximum absolute atomic E-state index is 13.7. The molecular weight excluding hydrogens is 540 g/mol. The first-order valence-corrected chi connectivity index (χ1v) is 14.5. The van der Waals surface area contributed by atoms with Crippen molar-refractivity contribution in [3.63, 3.8) is 0 Å². The Balaban J connectivity index is 1.51. The van der Waals surface area contributed by atoms with E-state index in [-0.39, 0.29) is 11.3 Å². The minimum atomic E-state index is -0.917. The Morgan fingerprint density at radius 1 is 1.07 bits per heavy atom. The number of anilines is 1. The van der Waals surface area contributed by atoms with Crippen LogP contribution in [0.2, 0.25) is 0 Å². The van der Waals surface area contributed by atoms with Crippen molar-refractivity contribution in [2.24, 2.45) is 0 Å². The number of thiazole rings is 1. The summed E-state index contributed by atoms with van der Waals surface area (Å²) in [5, 5.41) is 12.0. The van der Waals surface area contributed by atoms with Gasteiger partial charge in [-0.05, 0) is 73.4 Å². The summed E-state index contributed by atoms with van der Waals surface area (Å²) in [7, 11) is 0. The fourth-order valence-electron chi connectivity index (χ4n) is 5.26. The molecule has 3 aromatic carbocycles. The van der Waals surface area contributed by atoms with E-state index in [1.54, 1.807) is 18.2 Å². The number of Topliss-reactive ketones (excluding diaryl/α,β-unsaturated/α-hetero) is 1. The number of hydrogen-bond acceptors (Lipinski definition) is 8. The Kier molecular flexibility index (Phi) is 7.13.